The minimum atomic E-state index is -0.00291. The molecule has 1 N–H and O–H groups in total. The highest BCUT2D eigenvalue weighted by atomic mass is 16.5. The number of nitrogens with zero attached hydrogens (tertiary/aromatic N) is 1. The number of rotatable bonds is 4. The van der Waals surface area contributed by atoms with E-state index >= 15 is 0 Å². The fourth-order valence-electron chi connectivity index (χ4n) is 2.05. The van der Waals surface area contributed by atoms with E-state index in [0.29, 0.717) is 19.7 Å². The molecule has 0 aromatic heterocycles. The van der Waals surface area contributed by atoms with Crippen LogP contribution in [0.25, 0.3) is 0 Å². The topological polar surface area (TPSA) is 41.6 Å². The quantitative estimate of drug-likeness (QED) is 0.885. The molecule has 1 aliphatic heterocycles. The molecule has 98 valence electrons. The minimum absolute atomic E-state index is 0.00291. The maximum Gasteiger partial charge on any atom is 0.317 e. The van der Waals surface area contributed by atoms with Gasteiger partial charge in [0.25, 0.3) is 0 Å². The summed E-state index contributed by atoms with van der Waals surface area (Å²) in [7, 11) is 0. The maximum absolute atomic E-state index is 12.1. The number of urea groups is 1. The second kappa shape index (κ2) is 6.40. The third-order valence-electron chi connectivity index (χ3n) is 3.14. The van der Waals surface area contributed by atoms with E-state index in [1.54, 1.807) is 0 Å². The van der Waals surface area contributed by atoms with Crippen LogP contribution < -0.4 is 5.32 Å². The molecule has 0 radical (unpaired) electrons. The van der Waals surface area contributed by atoms with Gasteiger partial charge in [0.05, 0.1) is 12.6 Å². The van der Waals surface area contributed by atoms with Gasteiger partial charge in [-0.3, -0.25) is 0 Å². The van der Waals surface area contributed by atoms with E-state index in [4.69, 9.17) is 4.74 Å². The summed E-state index contributed by atoms with van der Waals surface area (Å²) in [6, 6.07) is 10.2. The van der Waals surface area contributed by atoms with E-state index in [-0.39, 0.29) is 12.1 Å². The largest absolute Gasteiger partial charge is 0.379 e. The zero-order chi connectivity index (χ0) is 12.8. The van der Waals surface area contributed by atoms with Crippen LogP contribution in [0.4, 0.5) is 4.79 Å². The Kier molecular flexibility index (Phi) is 4.59. The first-order valence-corrected chi connectivity index (χ1v) is 6.46. The summed E-state index contributed by atoms with van der Waals surface area (Å²) < 4.78 is 5.26. The second-order valence-corrected chi connectivity index (χ2v) is 4.51. The zero-order valence-electron chi connectivity index (χ0n) is 10.8. The number of nitrogens with one attached hydrogen (secondary N) is 1. The van der Waals surface area contributed by atoms with Crippen molar-refractivity contribution < 1.29 is 9.53 Å². The molecular weight excluding hydrogens is 228 g/mol. The molecule has 1 saturated heterocycles. The van der Waals surface area contributed by atoms with Crippen molar-refractivity contribution in [3.63, 3.8) is 0 Å². The second-order valence-electron chi connectivity index (χ2n) is 4.51. The summed E-state index contributed by atoms with van der Waals surface area (Å²) in [4.78, 5) is 13.9. The van der Waals surface area contributed by atoms with Gasteiger partial charge in [-0.25, -0.2) is 4.79 Å². The van der Waals surface area contributed by atoms with Crippen LogP contribution in [0.15, 0.2) is 30.3 Å². The molecule has 2 amide bonds. The molecule has 1 heterocycles. The predicted molar refractivity (Wildman–Crippen MR) is 70.3 cm³/mol. The normalized spacial score (nSPS) is 18.6. The predicted octanol–water partition coefficient (Wildman–Crippen LogP) is 2.01. The standard InChI is InChI=1S/C14H20N2O2/c1-2-16(10-12-6-4-3-5-7-12)14(17)15-13-8-9-18-11-13/h3-7,13H,2,8-11H2,1H3,(H,15,17). The summed E-state index contributed by atoms with van der Waals surface area (Å²) in [6.45, 7) is 4.73. The first-order valence-electron chi connectivity index (χ1n) is 6.46. The molecule has 1 aliphatic rings. The molecule has 4 heteroatoms. The number of carbonyl (C=O) groups excluding carboxylic acids is 1. The van der Waals surface area contributed by atoms with Crippen molar-refractivity contribution in [3.05, 3.63) is 35.9 Å². The molecule has 18 heavy (non-hydrogen) atoms. The Hall–Kier alpha value is -1.55. The molecule has 1 aromatic rings. The average molecular weight is 248 g/mol. The molecule has 1 aromatic carbocycles. The molecule has 0 bridgehead atoms. The van der Waals surface area contributed by atoms with Crippen LogP contribution >= 0.6 is 0 Å². The van der Waals surface area contributed by atoms with Crippen molar-refractivity contribution in [2.24, 2.45) is 0 Å². The van der Waals surface area contributed by atoms with Crippen molar-refractivity contribution in [1.82, 2.24) is 10.2 Å². The molecule has 0 saturated carbocycles. The van der Waals surface area contributed by atoms with Crippen molar-refractivity contribution >= 4 is 6.03 Å². The number of hydrogen-bond donors (Lipinski definition) is 1. The van der Waals surface area contributed by atoms with Gasteiger partial charge < -0.3 is 15.0 Å². The van der Waals surface area contributed by atoms with E-state index in [2.05, 4.69) is 5.32 Å². The van der Waals surface area contributed by atoms with Crippen LogP contribution in [0.5, 0.6) is 0 Å². The summed E-state index contributed by atoms with van der Waals surface area (Å²) in [6.07, 6.45) is 0.911. The lowest BCUT2D eigenvalue weighted by molar-refractivity contribution is 0.178. The Morgan fingerprint density at radius 1 is 1.44 bits per heavy atom. The van der Waals surface area contributed by atoms with Gasteiger partial charge in [-0.15, -0.1) is 0 Å². The highest BCUT2D eigenvalue weighted by Crippen LogP contribution is 2.07. The van der Waals surface area contributed by atoms with Crippen LogP contribution in [0.1, 0.15) is 18.9 Å². The third kappa shape index (κ3) is 3.47. The molecule has 0 aliphatic carbocycles. The summed E-state index contributed by atoms with van der Waals surface area (Å²) in [5.41, 5.74) is 1.15. The van der Waals surface area contributed by atoms with E-state index in [1.807, 2.05) is 42.2 Å². The van der Waals surface area contributed by atoms with Gasteiger partial charge >= 0.3 is 6.03 Å². The third-order valence-corrected chi connectivity index (χ3v) is 3.14. The Labute approximate surface area is 108 Å². The first kappa shape index (κ1) is 12.9. The molecular formula is C14H20N2O2. The van der Waals surface area contributed by atoms with Gasteiger partial charge in [-0.1, -0.05) is 30.3 Å². The fourth-order valence-corrected chi connectivity index (χ4v) is 2.05. The van der Waals surface area contributed by atoms with Crippen molar-refractivity contribution in [2.45, 2.75) is 25.9 Å². The van der Waals surface area contributed by atoms with Gasteiger partial charge in [-0.05, 0) is 18.9 Å². The van der Waals surface area contributed by atoms with E-state index < -0.39 is 0 Å². The van der Waals surface area contributed by atoms with Crippen LogP contribution in [0.3, 0.4) is 0 Å². The lowest BCUT2D eigenvalue weighted by Crippen LogP contribution is -2.44. The molecule has 1 fully saturated rings. The fraction of sp³-hybridized carbons (Fsp3) is 0.500. The highest BCUT2D eigenvalue weighted by molar-refractivity contribution is 5.74. The number of carbonyl (C=O) groups is 1. The van der Waals surface area contributed by atoms with Crippen LogP contribution in [0.2, 0.25) is 0 Å². The Morgan fingerprint density at radius 3 is 2.83 bits per heavy atom. The van der Waals surface area contributed by atoms with E-state index in [0.717, 1.165) is 18.6 Å². The van der Waals surface area contributed by atoms with Gasteiger partial charge in [0.1, 0.15) is 0 Å². The molecule has 4 nitrogen and oxygen atoms in total. The monoisotopic (exact) mass is 248 g/mol. The summed E-state index contributed by atoms with van der Waals surface area (Å²) in [5, 5.41) is 3.01. The maximum atomic E-state index is 12.1. The molecule has 2 rings (SSSR count). The number of benzene rings is 1. The Bertz CT molecular complexity index is 375. The van der Waals surface area contributed by atoms with Gasteiger partial charge in [0, 0.05) is 19.7 Å². The molecule has 0 spiro atoms. The SMILES string of the molecule is CCN(Cc1ccccc1)C(=O)NC1CCOC1. The van der Waals surface area contributed by atoms with Gasteiger partial charge in [0.2, 0.25) is 0 Å². The lowest BCUT2D eigenvalue weighted by atomic mass is 10.2. The summed E-state index contributed by atoms with van der Waals surface area (Å²) in [5.74, 6) is 0. The Morgan fingerprint density at radius 2 is 2.22 bits per heavy atom. The lowest BCUT2D eigenvalue weighted by Gasteiger charge is -2.23. The Balaban J connectivity index is 1.89. The van der Waals surface area contributed by atoms with Crippen LogP contribution in [0, 0.1) is 0 Å². The van der Waals surface area contributed by atoms with Crippen LogP contribution in [-0.2, 0) is 11.3 Å². The van der Waals surface area contributed by atoms with Gasteiger partial charge in [-0.2, -0.15) is 0 Å². The molecule has 1 atom stereocenters. The average Bonchev–Trinajstić information content (AvgIpc) is 2.90. The minimum Gasteiger partial charge on any atom is -0.379 e. The van der Waals surface area contributed by atoms with Crippen molar-refractivity contribution in [1.29, 1.82) is 0 Å². The highest BCUT2D eigenvalue weighted by Gasteiger charge is 2.20. The smallest absolute Gasteiger partial charge is 0.317 e. The van der Waals surface area contributed by atoms with E-state index in [1.165, 1.54) is 0 Å². The van der Waals surface area contributed by atoms with Crippen molar-refractivity contribution in [3.8, 4) is 0 Å². The number of hydrogen-bond acceptors (Lipinski definition) is 2. The van der Waals surface area contributed by atoms with Crippen LogP contribution in [-0.4, -0.2) is 36.7 Å². The van der Waals surface area contributed by atoms with Crippen molar-refractivity contribution in [2.75, 3.05) is 19.8 Å². The number of ether oxygens (including phenoxy) is 1. The summed E-state index contributed by atoms with van der Waals surface area (Å²) >= 11 is 0. The van der Waals surface area contributed by atoms with Gasteiger partial charge in [0.15, 0.2) is 0 Å². The molecule has 1 unspecified atom stereocenters. The number of amides is 2. The zero-order valence-corrected chi connectivity index (χ0v) is 10.8. The van der Waals surface area contributed by atoms with E-state index in [9.17, 15) is 4.79 Å². The first-order chi connectivity index (χ1) is 8.79.